The normalized spacial score (nSPS) is 21.5. The Morgan fingerprint density at radius 3 is 2.96 bits per heavy atom. The van der Waals surface area contributed by atoms with Crippen LogP contribution in [0, 0.1) is 5.92 Å². The number of furan rings is 1. The first-order valence-electron chi connectivity index (χ1n) is 8.01. The second-order valence-corrected chi connectivity index (χ2v) is 6.18. The maximum absolute atomic E-state index is 12.2. The lowest BCUT2D eigenvalue weighted by Gasteiger charge is -2.35. The first-order valence-corrected chi connectivity index (χ1v) is 8.01. The van der Waals surface area contributed by atoms with E-state index in [0.29, 0.717) is 24.3 Å². The minimum absolute atomic E-state index is 0.0893. The number of hydrogen-bond donors (Lipinski definition) is 1. The van der Waals surface area contributed by atoms with Crippen LogP contribution in [0.25, 0.3) is 11.7 Å². The number of likely N-dealkylation sites (N-methyl/N-ethyl adjacent to an activating group) is 1. The monoisotopic (exact) mass is 318 g/mol. The van der Waals surface area contributed by atoms with Crippen molar-refractivity contribution in [3.05, 3.63) is 18.4 Å². The standard InChI is InChI=1S/C16H22N4O3/c1-11-6-3-4-7-12(11)20(2)10-14(21)17-16-19-18-15(23-16)13-8-5-9-22-13/h5,8-9,11-12H,3-4,6-7,10H2,1-2H3,(H,17,19,21)/t11-,12+/m1/s1. The van der Waals surface area contributed by atoms with E-state index in [0.717, 1.165) is 6.42 Å². The lowest BCUT2D eigenvalue weighted by Crippen LogP contribution is -2.42. The Balaban J connectivity index is 1.55. The molecule has 0 spiro atoms. The highest BCUT2D eigenvalue weighted by atomic mass is 16.4. The third kappa shape index (κ3) is 3.79. The molecular formula is C16H22N4O3. The van der Waals surface area contributed by atoms with Crippen LogP contribution >= 0.6 is 0 Å². The van der Waals surface area contributed by atoms with Gasteiger partial charge in [-0.2, -0.15) is 0 Å². The maximum atomic E-state index is 12.2. The minimum atomic E-state index is -0.153. The minimum Gasteiger partial charge on any atom is -0.459 e. The lowest BCUT2D eigenvalue weighted by molar-refractivity contribution is -0.118. The Kier molecular flexibility index (Phi) is 4.76. The second-order valence-electron chi connectivity index (χ2n) is 6.18. The van der Waals surface area contributed by atoms with Crippen LogP contribution in [0.15, 0.2) is 27.2 Å². The summed E-state index contributed by atoms with van der Waals surface area (Å²) in [7, 11) is 1.99. The van der Waals surface area contributed by atoms with Crippen LogP contribution in [0.2, 0.25) is 0 Å². The van der Waals surface area contributed by atoms with Gasteiger partial charge in [0.05, 0.1) is 12.8 Å². The van der Waals surface area contributed by atoms with Crippen molar-refractivity contribution in [2.24, 2.45) is 5.92 Å². The smallest absolute Gasteiger partial charge is 0.322 e. The summed E-state index contributed by atoms with van der Waals surface area (Å²) < 4.78 is 10.6. The number of aromatic nitrogens is 2. The fourth-order valence-corrected chi connectivity index (χ4v) is 3.23. The van der Waals surface area contributed by atoms with Crippen LogP contribution < -0.4 is 5.32 Å². The number of carbonyl (C=O) groups is 1. The summed E-state index contributed by atoms with van der Waals surface area (Å²) in [5.41, 5.74) is 0. The molecular weight excluding hydrogens is 296 g/mol. The van der Waals surface area contributed by atoms with E-state index in [4.69, 9.17) is 8.83 Å². The summed E-state index contributed by atoms with van der Waals surface area (Å²) in [6.45, 7) is 2.57. The molecule has 2 aromatic heterocycles. The number of nitrogens with one attached hydrogen (secondary N) is 1. The first kappa shape index (κ1) is 15.7. The Morgan fingerprint density at radius 2 is 2.22 bits per heavy atom. The van der Waals surface area contributed by atoms with Gasteiger partial charge in [0, 0.05) is 6.04 Å². The molecule has 1 amide bonds. The summed E-state index contributed by atoms with van der Waals surface area (Å²) in [4.78, 5) is 14.3. The molecule has 0 aromatic carbocycles. The predicted molar refractivity (Wildman–Crippen MR) is 84.7 cm³/mol. The maximum Gasteiger partial charge on any atom is 0.322 e. The fourth-order valence-electron chi connectivity index (χ4n) is 3.23. The molecule has 0 bridgehead atoms. The van der Waals surface area contributed by atoms with Gasteiger partial charge < -0.3 is 8.83 Å². The molecule has 2 heterocycles. The van der Waals surface area contributed by atoms with Crippen LogP contribution in [-0.2, 0) is 4.79 Å². The van der Waals surface area contributed by atoms with Crippen molar-refractivity contribution in [2.75, 3.05) is 18.9 Å². The third-order valence-electron chi connectivity index (χ3n) is 4.43. The average molecular weight is 318 g/mol. The fraction of sp³-hybridized carbons (Fsp3) is 0.562. The summed E-state index contributed by atoms with van der Waals surface area (Å²) in [5, 5.41) is 10.3. The molecule has 0 aliphatic heterocycles. The van der Waals surface area contributed by atoms with Gasteiger partial charge in [0.1, 0.15) is 0 Å². The Bertz CT molecular complexity index is 638. The van der Waals surface area contributed by atoms with E-state index in [2.05, 4.69) is 27.3 Å². The highest BCUT2D eigenvalue weighted by molar-refractivity contribution is 5.90. The van der Waals surface area contributed by atoms with Gasteiger partial charge in [0.2, 0.25) is 5.91 Å². The molecule has 1 fully saturated rings. The van der Waals surface area contributed by atoms with Crippen molar-refractivity contribution in [1.29, 1.82) is 0 Å². The number of hydrogen-bond acceptors (Lipinski definition) is 6. The van der Waals surface area contributed by atoms with Crippen LogP contribution in [0.4, 0.5) is 6.01 Å². The molecule has 1 saturated carbocycles. The number of anilines is 1. The summed E-state index contributed by atoms with van der Waals surface area (Å²) in [6, 6.07) is 4.00. The van der Waals surface area contributed by atoms with Gasteiger partial charge in [-0.25, -0.2) is 0 Å². The SMILES string of the molecule is C[C@@H]1CCCC[C@@H]1N(C)CC(=O)Nc1nnc(-c2ccco2)o1. The van der Waals surface area contributed by atoms with E-state index in [1.165, 1.54) is 25.5 Å². The van der Waals surface area contributed by atoms with E-state index in [1.807, 2.05) is 7.05 Å². The summed E-state index contributed by atoms with van der Waals surface area (Å²) in [6.07, 6.45) is 6.42. The van der Waals surface area contributed by atoms with Crippen molar-refractivity contribution in [3.63, 3.8) is 0 Å². The van der Waals surface area contributed by atoms with Gasteiger partial charge in [-0.1, -0.05) is 24.9 Å². The molecule has 2 atom stereocenters. The van der Waals surface area contributed by atoms with Gasteiger partial charge in [0.25, 0.3) is 5.89 Å². The lowest BCUT2D eigenvalue weighted by atomic mass is 9.85. The van der Waals surface area contributed by atoms with E-state index in [1.54, 1.807) is 12.1 Å². The zero-order valence-corrected chi connectivity index (χ0v) is 13.5. The molecule has 1 aliphatic carbocycles. The molecule has 7 nitrogen and oxygen atoms in total. The molecule has 0 unspecified atom stereocenters. The highest BCUT2D eigenvalue weighted by Crippen LogP contribution is 2.27. The summed E-state index contributed by atoms with van der Waals surface area (Å²) in [5.74, 6) is 1.20. The molecule has 1 aliphatic rings. The van der Waals surface area contributed by atoms with Crippen LogP contribution in [0.5, 0.6) is 0 Å². The van der Waals surface area contributed by atoms with Crippen molar-refractivity contribution in [1.82, 2.24) is 15.1 Å². The third-order valence-corrected chi connectivity index (χ3v) is 4.43. The van der Waals surface area contributed by atoms with E-state index in [9.17, 15) is 4.79 Å². The van der Waals surface area contributed by atoms with Gasteiger partial charge in [-0.05, 0) is 37.9 Å². The van der Waals surface area contributed by atoms with Gasteiger partial charge >= 0.3 is 6.01 Å². The average Bonchev–Trinajstić information content (AvgIpc) is 3.18. The molecule has 7 heteroatoms. The van der Waals surface area contributed by atoms with E-state index in [-0.39, 0.29) is 17.8 Å². The number of carbonyl (C=O) groups excluding carboxylic acids is 1. The Labute approximate surface area is 135 Å². The number of amides is 1. The summed E-state index contributed by atoms with van der Waals surface area (Å²) >= 11 is 0. The Hall–Kier alpha value is -2.15. The quantitative estimate of drug-likeness (QED) is 0.912. The second kappa shape index (κ2) is 6.95. The van der Waals surface area contributed by atoms with Crippen LogP contribution in [0.1, 0.15) is 32.6 Å². The molecule has 1 N–H and O–H groups in total. The van der Waals surface area contributed by atoms with E-state index < -0.39 is 0 Å². The van der Waals surface area contributed by atoms with Gasteiger partial charge in [0.15, 0.2) is 5.76 Å². The van der Waals surface area contributed by atoms with Gasteiger partial charge in [-0.3, -0.25) is 15.0 Å². The van der Waals surface area contributed by atoms with Crippen LogP contribution in [0.3, 0.4) is 0 Å². The zero-order valence-electron chi connectivity index (χ0n) is 13.5. The molecule has 124 valence electrons. The predicted octanol–water partition coefficient (Wildman–Crippen LogP) is 2.78. The molecule has 2 aromatic rings. The molecule has 3 rings (SSSR count). The van der Waals surface area contributed by atoms with Crippen molar-refractivity contribution in [2.45, 2.75) is 38.6 Å². The highest BCUT2D eigenvalue weighted by Gasteiger charge is 2.26. The van der Waals surface area contributed by atoms with E-state index >= 15 is 0 Å². The molecule has 0 radical (unpaired) electrons. The van der Waals surface area contributed by atoms with Crippen molar-refractivity contribution >= 4 is 11.9 Å². The van der Waals surface area contributed by atoms with Crippen molar-refractivity contribution in [3.8, 4) is 11.7 Å². The zero-order chi connectivity index (χ0) is 16.2. The van der Waals surface area contributed by atoms with Crippen LogP contribution in [-0.4, -0.2) is 40.6 Å². The topological polar surface area (TPSA) is 84.4 Å². The number of rotatable bonds is 5. The van der Waals surface area contributed by atoms with Gasteiger partial charge in [-0.15, -0.1) is 5.10 Å². The molecule has 23 heavy (non-hydrogen) atoms. The first-order chi connectivity index (χ1) is 11.1. The number of nitrogens with zero attached hydrogens (tertiary/aromatic N) is 3. The molecule has 0 saturated heterocycles. The van der Waals surface area contributed by atoms with Crippen molar-refractivity contribution < 1.29 is 13.6 Å². The Morgan fingerprint density at radius 1 is 1.39 bits per heavy atom. The largest absolute Gasteiger partial charge is 0.459 e.